The van der Waals surface area contributed by atoms with Crippen LogP contribution in [0.4, 0.5) is 0 Å². The van der Waals surface area contributed by atoms with Gasteiger partial charge in [-0.1, -0.05) is 48.4 Å². The van der Waals surface area contributed by atoms with Gasteiger partial charge in [-0.3, -0.25) is 4.79 Å². The van der Waals surface area contributed by atoms with Gasteiger partial charge in [-0.05, 0) is 35.7 Å². The number of aryl methyl sites for hydroxylation is 1. The van der Waals surface area contributed by atoms with Crippen LogP contribution < -0.4 is 9.94 Å². The van der Waals surface area contributed by atoms with Crippen molar-refractivity contribution in [2.24, 2.45) is 10.1 Å². The smallest absolute Gasteiger partial charge is 0.252 e. The number of amides is 1. The third-order valence-electron chi connectivity index (χ3n) is 4.24. The Kier molecular flexibility index (Phi) is 5.79. The van der Waals surface area contributed by atoms with Crippen molar-refractivity contribution in [2.75, 3.05) is 0 Å². The van der Waals surface area contributed by atoms with Crippen LogP contribution in [-0.4, -0.2) is 18.9 Å². The number of benzene rings is 2. The standard InChI is InChI=1S/C20H19N3O3S2/c1-3-11-23-17-10-9-16(28(21,25)26)13-18(17)27-20(23)22-19(24)12-15-7-5-14(4-2)6-8-15/h1,5-10,13H,4,11-12H2,2H3,(H2,21,25,26). The summed E-state index contributed by atoms with van der Waals surface area (Å²) in [6.45, 7) is 2.29. The molecule has 0 radical (unpaired) electrons. The predicted molar refractivity (Wildman–Crippen MR) is 110 cm³/mol. The molecule has 0 aliphatic rings. The van der Waals surface area contributed by atoms with Crippen molar-refractivity contribution >= 4 is 37.5 Å². The van der Waals surface area contributed by atoms with E-state index in [2.05, 4.69) is 17.8 Å². The highest BCUT2D eigenvalue weighted by Crippen LogP contribution is 2.21. The maximum Gasteiger partial charge on any atom is 0.252 e. The van der Waals surface area contributed by atoms with Gasteiger partial charge in [-0.25, -0.2) is 13.6 Å². The highest BCUT2D eigenvalue weighted by atomic mass is 32.2. The summed E-state index contributed by atoms with van der Waals surface area (Å²) >= 11 is 1.20. The fourth-order valence-electron chi connectivity index (χ4n) is 2.77. The number of carbonyl (C=O) groups is 1. The van der Waals surface area contributed by atoms with Crippen LogP contribution in [0, 0.1) is 12.3 Å². The predicted octanol–water partition coefficient (Wildman–Crippen LogP) is 2.22. The molecule has 6 nitrogen and oxygen atoms in total. The molecule has 144 valence electrons. The monoisotopic (exact) mass is 413 g/mol. The molecule has 0 unspecified atom stereocenters. The summed E-state index contributed by atoms with van der Waals surface area (Å²) in [7, 11) is -3.82. The zero-order valence-electron chi connectivity index (χ0n) is 15.3. The maximum absolute atomic E-state index is 12.5. The van der Waals surface area contributed by atoms with Crippen LogP contribution in [0.3, 0.4) is 0 Å². The molecule has 2 aromatic carbocycles. The van der Waals surface area contributed by atoms with Gasteiger partial charge in [0.2, 0.25) is 10.0 Å². The second-order valence-corrected chi connectivity index (χ2v) is 8.77. The van der Waals surface area contributed by atoms with Gasteiger partial charge in [-0.15, -0.1) is 6.42 Å². The molecular weight excluding hydrogens is 394 g/mol. The number of nitrogens with zero attached hydrogens (tertiary/aromatic N) is 2. The minimum atomic E-state index is -3.82. The van der Waals surface area contributed by atoms with Crippen molar-refractivity contribution in [1.82, 2.24) is 4.57 Å². The van der Waals surface area contributed by atoms with Crippen LogP contribution in [0.1, 0.15) is 18.1 Å². The lowest BCUT2D eigenvalue weighted by Crippen LogP contribution is -2.17. The number of aromatic nitrogens is 1. The average Bonchev–Trinajstić information content (AvgIpc) is 2.98. The molecule has 0 fully saturated rings. The van der Waals surface area contributed by atoms with Gasteiger partial charge in [0, 0.05) is 0 Å². The van der Waals surface area contributed by atoms with E-state index in [9.17, 15) is 13.2 Å². The SMILES string of the molecule is C#CCn1c(=NC(=O)Cc2ccc(CC)cc2)sc2cc(S(N)(=O)=O)ccc21. The fraction of sp³-hybridized carbons (Fsp3) is 0.200. The van der Waals surface area contributed by atoms with E-state index in [1.165, 1.54) is 29.0 Å². The Morgan fingerprint density at radius 3 is 2.50 bits per heavy atom. The third-order valence-corrected chi connectivity index (χ3v) is 6.19. The Hall–Kier alpha value is -2.73. The number of fused-ring (bicyclic) bond motifs is 1. The van der Waals surface area contributed by atoms with Gasteiger partial charge < -0.3 is 4.57 Å². The molecule has 0 saturated carbocycles. The number of sulfonamides is 1. The van der Waals surface area contributed by atoms with Gasteiger partial charge in [0.1, 0.15) is 0 Å². The van der Waals surface area contributed by atoms with Crippen molar-refractivity contribution in [3.63, 3.8) is 0 Å². The van der Waals surface area contributed by atoms with Gasteiger partial charge in [0.05, 0.1) is 28.1 Å². The Balaban J connectivity index is 2.00. The zero-order valence-corrected chi connectivity index (χ0v) is 16.9. The van der Waals surface area contributed by atoms with Crippen molar-refractivity contribution in [2.45, 2.75) is 31.2 Å². The number of nitrogens with two attached hydrogens (primary N) is 1. The van der Waals surface area contributed by atoms with Crippen LogP contribution in [0.25, 0.3) is 10.2 Å². The number of hydrogen-bond donors (Lipinski definition) is 1. The van der Waals surface area contributed by atoms with Crippen LogP contribution in [0.2, 0.25) is 0 Å². The quantitative estimate of drug-likeness (QED) is 0.650. The van der Waals surface area contributed by atoms with Crippen LogP contribution in [0.5, 0.6) is 0 Å². The van der Waals surface area contributed by atoms with Gasteiger partial charge in [0.15, 0.2) is 4.80 Å². The fourth-order valence-corrected chi connectivity index (χ4v) is 4.47. The zero-order chi connectivity index (χ0) is 20.3. The number of carbonyl (C=O) groups excluding carboxylic acids is 1. The number of hydrogen-bond acceptors (Lipinski definition) is 4. The van der Waals surface area contributed by atoms with Crippen LogP contribution in [-0.2, 0) is 34.2 Å². The van der Waals surface area contributed by atoms with Gasteiger partial charge in [0.25, 0.3) is 5.91 Å². The van der Waals surface area contributed by atoms with Crippen LogP contribution >= 0.6 is 11.3 Å². The normalized spacial score (nSPS) is 12.2. The summed E-state index contributed by atoms with van der Waals surface area (Å²) in [5.41, 5.74) is 2.79. The minimum absolute atomic E-state index is 0.00278. The Bertz CT molecular complexity index is 1240. The van der Waals surface area contributed by atoms with E-state index < -0.39 is 10.0 Å². The molecule has 28 heavy (non-hydrogen) atoms. The van der Waals surface area contributed by atoms with Gasteiger partial charge in [-0.2, -0.15) is 4.99 Å². The summed E-state index contributed by atoms with van der Waals surface area (Å²) in [5, 5.41) is 5.20. The molecule has 0 spiro atoms. The van der Waals surface area contributed by atoms with Crippen molar-refractivity contribution < 1.29 is 13.2 Å². The molecule has 1 aromatic heterocycles. The summed E-state index contributed by atoms with van der Waals surface area (Å²) in [6, 6.07) is 12.3. The second kappa shape index (κ2) is 8.10. The number of rotatable bonds is 5. The molecule has 3 aromatic rings. The van der Waals surface area contributed by atoms with E-state index in [0.717, 1.165) is 12.0 Å². The highest BCUT2D eigenvalue weighted by Gasteiger charge is 2.13. The molecule has 3 rings (SSSR count). The number of thiazole rings is 1. The van der Waals surface area contributed by atoms with Crippen LogP contribution in [0.15, 0.2) is 52.4 Å². The molecule has 0 aliphatic carbocycles. The Morgan fingerprint density at radius 2 is 1.89 bits per heavy atom. The maximum atomic E-state index is 12.5. The second-order valence-electron chi connectivity index (χ2n) is 6.20. The molecule has 0 aliphatic heterocycles. The average molecular weight is 414 g/mol. The molecule has 1 amide bonds. The molecule has 1 heterocycles. The first-order chi connectivity index (χ1) is 13.3. The lowest BCUT2D eigenvalue weighted by Gasteiger charge is -2.02. The van der Waals surface area contributed by atoms with Gasteiger partial charge >= 0.3 is 0 Å². The van der Waals surface area contributed by atoms with Crippen molar-refractivity contribution in [3.8, 4) is 12.3 Å². The molecule has 0 atom stereocenters. The molecule has 2 N–H and O–H groups in total. The van der Waals surface area contributed by atoms with Crippen molar-refractivity contribution in [1.29, 1.82) is 0 Å². The van der Waals surface area contributed by atoms with E-state index >= 15 is 0 Å². The highest BCUT2D eigenvalue weighted by molar-refractivity contribution is 7.89. The molecular formula is C20H19N3O3S2. The first-order valence-electron chi connectivity index (χ1n) is 8.57. The molecule has 0 bridgehead atoms. The Morgan fingerprint density at radius 1 is 1.21 bits per heavy atom. The Labute approximate surface area is 167 Å². The van der Waals surface area contributed by atoms with Crippen molar-refractivity contribution in [3.05, 3.63) is 58.4 Å². The number of terminal acetylenes is 1. The molecule has 0 saturated heterocycles. The lowest BCUT2D eigenvalue weighted by molar-refractivity contribution is -0.117. The summed E-state index contributed by atoms with van der Waals surface area (Å²) in [4.78, 5) is 17.1. The van der Waals surface area contributed by atoms with E-state index in [0.29, 0.717) is 15.0 Å². The summed E-state index contributed by atoms with van der Waals surface area (Å²) in [6.07, 6.45) is 6.57. The summed E-state index contributed by atoms with van der Waals surface area (Å²) in [5.74, 6) is 2.24. The van der Waals surface area contributed by atoms with E-state index in [4.69, 9.17) is 11.6 Å². The first-order valence-corrected chi connectivity index (χ1v) is 10.9. The topological polar surface area (TPSA) is 94.5 Å². The number of primary sulfonamides is 1. The lowest BCUT2D eigenvalue weighted by atomic mass is 10.1. The van der Waals surface area contributed by atoms with E-state index in [-0.39, 0.29) is 23.8 Å². The molecule has 8 heteroatoms. The van der Waals surface area contributed by atoms with E-state index in [1.807, 2.05) is 24.3 Å². The first kappa shape index (κ1) is 20.0. The van der Waals surface area contributed by atoms with E-state index in [1.54, 1.807) is 10.6 Å². The minimum Gasteiger partial charge on any atom is -0.305 e. The summed E-state index contributed by atoms with van der Waals surface area (Å²) < 4.78 is 25.5. The third kappa shape index (κ3) is 4.39. The largest absolute Gasteiger partial charge is 0.305 e.